The number of hydrogen-bond donors (Lipinski definition) is 1. The molecular weight excluding hydrogens is 321 g/mol. The number of benzene rings is 2. The second-order valence-electron chi connectivity index (χ2n) is 4.88. The van der Waals surface area contributed by atoms with Gasteiger partial charge in [-0.1, -0.05) is 22.0 Å². The number of rotatable bonds is 3. The highest BCUT2D eigenvalue weighted by Crippen LogP contribution is 2.24. The minimum atomic E-state index is -0.351. The maximum Gasteiger partial charge on any atom is 0.167 e. The van der Waals surface area contributed by atoms with Gasteiger partial charge in [0.25, 0.3) is 0 Å². The maximum absolute atomic E-state index is 13.8. The molecule has 2 nitrogen and oxygen atoms in total. The van der Waals surface area contributed by atoms with Crippen LogP contribution in [0.25, 0.3) is 0 Å². The van der Waals surface area contributed by atoms with Crippen LogP contribution in [0.1, 0.15) is 21.5 Å². The van der Waals surface area contributed by atoms with Crippen LogP contribution in [-0.2, 0) is 12.8 Å². The Hall–Kier alpha value is -1.68. The Kier molecular flexibility index (Phi) is 3.57. The third-order valence-electron chi connectivity index (χ3n) is 3.50. The van der Waals surface area contributed by atoms with Gasteiger partial charge in [-0.25, -0.2) is 4.39 Å². The van der Waals surface area contributed by atoms with Gasteiger partial charge in [-0.3, -0.25) is 4.79 Å². The van der Waals surface area contributed by atoms with Gasteiger partial charge in [0.1, 0.15) is 5.82 Å². The van der Waals surface area contributed by atoms with Crippen molar-refractivity contribution in [1.29, 1.82) is 0 Å². The van der Waals surface area contributed by atoms with Gasteiger partial charge in [-0.15, -0.1) is 0 Å². The summed E-state index contributed by atoms with van der Waals surface area (Å²) in [5, 5.41) is 3.25. The average Bonchev–Trinajstić information content (AvgIpc) is 2.89. The molecule has 0 unspecified atom stereocenters. The Morgan fingerprint density at radius 3 is 2.90 bits per heavy atom. The lowest BCUT2D eigenvalue weighted by Gasteiger charge is -2.06. The second kappa shape index (κ2) is 5.37. The molecule has 1 N–H and O–H groups in total. The third-order valence-corrected chi connectivity index (χ3v) is 4.00. The molecular formula is C16H13BrFNO. The summed E-state index contributed by atoms with van der Waals surface area (Å²) in [5.74, 6) is -0.406. The van der Waals surface area contributed by atoms with E-state index in [-0.39, 0.29) is 18.0 Å². The summed E-state index contributed by atoms with van der Waals surface area (Å²) in [6, 6.07) is 10.4. The molecule has 0 bridgehead atoms. The van der Waals surface area contributed by atoms with E-state index >= 15 is 0 Å². The Morgan fingerprint density at radius 1 is 1.25 bits per heavy atom. The lowest BCUT2D eigenvalue weighted by atomic mass is 10.00. The van der Waals surface area contributed by atoms with Gasteiger partial charge >= 0.3 is 0 Å². The van der Waals surface area contributed by atoms with Crippen molar-refractivity contribution in [1.82, 2.24) is 0 Å². The molecule has 0 spiro atoms. The Bertz CT molecular complexity index is 684. The molecule has 0 radical (unpaired) electrons. The highest BCUT2D eigenvalue weighted by Gasteiger charge is 2.15. The lowest BCUT2D eigenvalue weighted by Crippen LogP contribution is -2.05. The van der Waals surface area contributed by atoms with E-state index in [0.717, 1.165) is 24.2 Å². The molecule has 2 aromatic rings. The summed E-state index contributed by atoms with van der Waals surface area (Å²) < 4.78 is 14.4. The molecule has 1 aliphatic rings. The van der Waals surface area contributed by atoms with Gasteiger partial charge in [-0.2, -0.15) is 0 Å². The smallest absolute Gasteiger partial charge is 0.167 e. The fourth-order valence-electron chi connectivity index (χ4n) is 2.42. The van der Waals surface area contributed by atoms with Crippen molar-refractivity contribution in [3.05, 3.63) is 63.4 Å². The Balaban J connectivity index is 1.82. The Labute approximate surface area is 125 Å². The van der Waals surface area contributed by atoms with Crippen molar-refractivity contribution in [3.63, 3.8) is 0 Å². The molecule has 0 saturated carbocycles. The SMILES string of the molecule is O=C(Cc1ccc(Br)cc1F)c1ccc2c(c1)CCN2. The van der Waals surface area contributed by atoms with Crippen molar-refractivity contribution >= 4 is 27.4 Å². The van der Waals surface area contributed by atoms with Crippen molar-refractivity contribution in [3.8, 4) is 0 Å². The third kappa shape index (κ3) is 2.61. The zero-order valence-corrected chi connectivity index (χ0v) is 12.3. The van der Waals surface area contributed by atoms with E-state index in [0.29, 0.717) is 15.6 Å². The van der Waals surface area contributed by atoms with Gasteiger partial charge in [0, 0.05) is 28.7 Å². The quantitative estimate of drug-likeness (QED) is 0.861. The molecule has 2 aromatic carbocycles. The van der Waals surface area contributed by atoms with Gasteiger partial charge in [0.15, 0.2) is 5.78 Å². The molecule has 1 heterocycles. The first-order valence-electron chi connectivity index (χ1n) is 6.47. The minimum Gasteiger partial charge on any atom is -0.384 e. The number of anilines is 1. The summed E-state index contributed by atoms with van der Waals surface area (Å²) >= 11 is 3.21. The van der Waals surface area contributed by atoms with Gasteiger partial charge < -0.3 is 5.32 Å². The molecule has 0 aromatic heterocycles. The highest BCUT2D eigenvalue weighted by molar-refractivity contribution is 9.10. The molecule has 0 amide bonds. The fraction of sp³-hybridized carbons (Fsp3) is 0.188. The molecule has 0 fully saturated rings. The number of Topliss-reactive ketones (excluding diaryl/α,β-unsaturated/α-hetero) is 1. The fourth-order valence-corrected chi connectivity index (χ4v) is 2.75. The largest absolute Gasteiger partial charge is 0.384 e. The molecule has 0 aliphatic carbocycles. The first kappa shape index (κ1) is 13.3. The van der Waals surface area contributed by atoms with E-state index in [4.69, 9.17) is 0 Å². The molecule has 4 heteroatoms. The van der Waals surface area contributed by atoms with Crippen LogP contribution in [0.15, 0.2) is 40.9 Å². The van der Waals surface area contributed by atoms with Gasteiger partial charge in [-0.05, 0) is 47.9 Å². The number of fused-ring (bicyclic) bond motifs is 1. The summed E-state index contributed by atoms with van der Waals surface area (Å²) in [7, 11) is 0. The monoisotopic (exact) mass is 333 g/mol. The molecule has 102 valence electrons. The maximum atomic E-state index is 13.8. The number of halogens is 2. The summed E-state index contributed by atoms with van der Waals surface area (Å²) in [5.41, 5.74) is 3.33. The van der Waals surface area contributed by atoms with Crippen molar-refractivity contribution in [2.24, 2.45) is 0 Å². The lowest BCUT2D eigenvalue weighted by molar-refractivity contribution is 0.0992. The van der Waals surface area contributed by atoms with Gasteiger partial charge in [0.05, 0.1) is 0 Å². The first-order valence-corrected chi connectivity index (χ1v) is 7.27. The second-order valence-corrected chi connectivity index (χ2v) is 5.80. The normalized spacial score (nSPS) is 12.9. The van der Waals surface area contributed by atoms with Crippen LogP contribution >= 0.6 is 15.9 Å². The van der Waals surface area contributed by atoms with Crippen molar-refractivity contribution in [2.45, 2.75) is 12.8 Å². The van der Waals surface area contributed by atoms with Crippen LogP contribution in [0.2, 0.25) is 0 Å². The van der Waals surface area contributed by atoms with E-state index in [2.05, 4.69) is 21.2 Å². The number of carbonyl (C=O) groups is 1. The zero-order chi connectivity index (χ0) is 14.1. The standard InChI is InChI=1S/C16H13BrFNO/c17-13-3-1-10(14(18)9-13)8-16(20)12-2-4-15-11(7-12)5-6-19-15/h1-4,7,9,19H,5-6,8H2. The number of nitrogens with one attached hydrogen (secondary N) is 1. The van der Waals surface area contributed by atoms with Crippen LogP contribution in [0.3, 0.4) is 0 Å². The van der Waals surface area contributed by atoms with Crippen molar-refractivity contribution in [2.75, 3.05) is 11.9 Å². The predicted octanol–water partition coefficient (Wildman–Crippen LogP) is 3.98. The highest BCUT2D eigenvalue weighted by atomic mass is 79.9. The van der Waals surface area contributed by atoms with E-state index in [1.165, 1.54) is 6.07 Å². The van der Waals surface area contributed by atoms with Crippen LogP contribution in [0, 0.1) is 5.82 Å². The first-order chi connectivity index (χ1) is 9.63. The summed E-state index contributed by atoms with van der Waals surface area (Å²) in [6.45, 7) is 0.911. The number of carbonyl (C=O) groups excluding carboxylic acids is 1. The van der Waals surface area contributed by atoms with Crippen LogP contribution in [0.4, 0.5) is 10.1 Å². The van der Waals surface area contributed by atoms with Gasteiger partial charge in [0.2, 0.25) is 0 Å². The molecule has 0 atom stereocenters. The molecule has 20 heavy (non-hydrogen) atoms. The molecule has 3 rings (SSSR count). The number of hydrogen-bond acceptors (Lipinski definition) is 2. The van der Waals surface area contributed by atoms with E-state index < -0.39 is 0 Å². The van der Waals surface area contributed by atoms with E-state index in [9.17, 15) is 9.18 Å². The summed E-state index contributed by atoms with van der Waals surface area (Å²) in [4.78, 5) is 12.3. The number of ketones is 1. The van der Waals surface area contributed by atoms with Crippen LogP contribution in [-0.4, -0.2) is 12.3 Å². The van der Waals surface area contributed by atoms with Crippen LogP contribution in [0.5, 0.6) is 0 Å². The van der Waals surface area contributed by atoms with E-state index in [1.54, 1.807) is 18.2 Å². The average molecular weight is 334 g/mol. The van der Waals surface area contributed by atoms with E-state index in [1.807, 2.05) is 12.1 Å². The molecule has 1 aliphatic heterocycles. The Morgan fingerprint density at radius 2 is 2.10 bits per heavy atom. The molecule has 0 saturated heterocycles. The van der Waals surface area contributed by atoms with Crippen molar-refractivity contribution < 1.29 is 9.18 Å². The predicted molar refractivity (Wildman–Crippen MR) is 80.8 cm³/mol. The summed E-state index contributed by atoms with van der Waals surface area (Å²) in [6.07, 6.45) is 1.02. The van der Waals surface area contributed by atoms with Crippen LogP contribution < -0.4 is 5.32 Å². The zero-order valence-electron chi connectivity index (χ0n) is 10.7. The minimum absolute atomic E-state index is 0.0547. The topological polar surface area (TPSA) is 29.1 Å².